The Morgan fingerprint density at radius 3 is 2.63 bits per heavy atom. The molecule has 1 amide bonds. The number of nitrogens with zero attached hydrogens (tertiary/aromatic N) is 5. The van der Waals surface area contributed by atoms with Crippen LogP contribution in [0.2, 0.25) is 0 Å². The highest BCUT2D eigenvalue weighted by Crippen LogP contribution is 2.27. The van der Waals surface area contributed by atoms with E-state index in [1.54, 1.807) is 12.4 Å². The summed E-state index contributed by atoms with van der Waals surface area (Å²) in [6.07, 6.45) is 3.49. The number of hydrogen-bond donors (Lipinski definition) is 2. The predicted octanol–water partition coefficient (Wildman–Crippen LogP) is 2.40. The standard InChI is InChI=1S/C26H33N7O2/c1-18(2)26(34)33-12-10-32(11-13-33)20-5-3-19(4-6-20)22-15-23-24(29-8-7-28-23)25(31-22)30-17-21-16-27-9-14-35-21/h3-8,15,18,21,27H,9-14,16-17H2,1-2H3,(H,30,31). The van der Waals surface area contributed by atoms with Crippen LogP contribution < -0.4 is 15.5 Å². The molecule has 2 aliphatic heterocycles. The Hall–Kier alpha value is -3.30. The number of hydrogen-bond acceptors (Lipinski definition) is 8. The van der Waals surface area contributed by atoms with Crippen LogP contribution in [0.4, 0.5) is 11.5 Å². The molecular weight excluding hydrogens is 442 g/mol. The van der Waals surface area contributed by atoms with Gasteiger partial charge in [0.05, 0.1) is 23.9 Å². The number of benzene rings is 1. The van der Waals surface area contributed by atoms with Crippen LogP contribution in [0.25, 0.3) is 22.3 Å². The third kappa shape index (κ3) is 5.36. The number of ether oxygens (including phenoxy) is 1. The van der Waals surface area contributed by atoms with E-state index >= 15 is 0 Å². The van der Waals surface area contributed by atoms with Crippen LogP contribution in [-0.2, 0) is 9.53 Å². The number of fused-ring (bicyclic) bond motifs is 1. The molecule has 0 spiro atoms. The fourth-order valence-corrected chi connectivity index (χ4v) is 4.60. The molecule has 0 saturated carbocycles. The monoisotopic (exact) mass is 475 g/mol. The van der Waals surface area contributed by atoms with Crippen molar-refractivity contribution in [3.63, 3.8) is 0 Å². The van der Waals surface area contributed by atoms with Gasteiger partial charge in [-0.25, -0.2) is 9.97 Å². The number of rotatable bonds is 6. The minimum absolute atomic E-state index is 0.0474. The fourth-order valence-electron chi connectivity index (χ4n) is 4.60. The van der Waals surface area contributed by atoms with Gasteiger partial charge in [-0.15, -0.1) is 0 Å². The van der Waals surface area contributed by atoms with Gasteiger partial charge in [0.15, 0.2) is 5.82 Å². The van der Waals surface area contributed by atoms with Crippen molar-refractivity contribution in [2.24, 2.45) is 5.92 Å². The van der Waals surface area contributed by atoms with Crippen LogP contribution in [0.15, 0.2) is 42.7 Å². The Kier molecular flexibility index (Phi) is 7.06. The molecule has 1 unspecified atom stereocenters. The van der Waals surface area contributed by atoms with Crippen LogP contribution >= 0.6 is 0 Å². The summed E-state index contributed by atoms with van der Waals surface area (Å²) in [4.78, 5) is 30.5. The Morgan fingerprint density at radius 1 is 1.14 bits per heavy atom. The first kappa shape index (κ1) is 23.4. The van der Waals surface area contributed by atoms with Gasteiger partial charge >= 0.3 is 0 Å². The van der Waals surface area contributed by atoms with Gasteiger partial charge in [-0.1, -0.05) is 26.0 Å². The maximum absolute atomic E-state index is 12.3. The molecule has 35 heavy (non-hydrogen) atoms. The average Bonchev–Trinajstić information content (AvgIpc) is 2.92. The molecule has 2 N–H and O–H groups in total. The van der Waals surface area contributed by atoms with E-state index in [0.717, 1.165) is 79.7 Å². The van der Waals surface area contributed by atoms with Crippen LogP contribution in [0.3, 0.4) is 0 Å². The van der Waals surface area contributed by atoms with Crippen molar-refractivity contribution in [3.8, 4) is 11.3 Å². The largest absolute Gasteiger partial charge is 0.374 e. The highest BCUT2D eigenvalue weighted by Gasteiger charge is 2.23. The maximum atomic E-state index is 12.3. The summed E-state index contributed by atoms with van der Waals surface area (Å²) < 4.78 is 5.81. The summed E-state index contributed by atoms with van der Waals surface area (Å²) >= 11 is 0. The molecule has 9 heteroatoms. The number of anilines is 2. The summed E-state index contributed by atoms with van der Waals surface area (Å²) in [5.41, 5.74) is 4.59. The smallest absolute Gasteiger partial charge is 0.225 e. The van der Waals surface area contributed by atoms with Crippen molar-refractivity contribution in [2.45, 2.75) is 20.0 Å². The summed E-state index contributed by atoms with van der Waals surface area (Å²) in [6.45, 7) is 10.2. The van der Waals surface area contributed by atoms with Gasteiger partial charge in [-0.3, -0.25) is 9.78 Å². The number of aromatic nitrogens is 3. The van der Waals surface area contributed by atoms with E-state index in [9.17, 15) is 4.79 Å². The number of pyridine rings is 1. The second kappa shape index (κ2) is 10.5. The summed E-state index contributed by atoms with van der Waals surface area (Å²) in [6, 6.07) is 10.4. The molecule has 0 aliphatic carbocycles. The lowest BCUT2D eigenvalue weighted by atomic mass is 10.1. The van der Waals surface area contributed by atoms with E-state index in [1.165, 1.54) is 0 Å². The molecule has 2 aromatic heterocycles. The molecule has 0 bridgehead atoms. The molecule has 1 atom stereocenters. The highest BCUT2D eigenvalue weighted by atomic mass is 16.5. The molecule has 2 fully saturated rings. The van der Waals surface area contributed by atoms with Gasteiger partial charge in [-0.2, -0.15) is 0 Å². The molecular formula is C26H33N7O2. The summed E-state index contributed by atoms with van der Waals surface area (Å²) in [5.74, 6) is 1.00. The number of carbonyl (C=O) groups excluding carboxylic acids is 1. The van der Waals surface area contributed by atoms with Crippen LogP contribution in [0.5, 0.6) is 0 Å². The minimum atomic E-state index is 0.0474. The second-order valence-corrected chi connectivity index (χ2v) is 9.37. The van der Waals surface area contributed by atoms with Crippen molar-refractivity contribution < 1.29 is 9.53 Å². The third-order valence-corrected chi connectivity index (χ3v) is 6.57. The molecule has 5 rings (SSSR count). The Labute approximate surface area is 205 Å². The first-order chi connectivity index (χ1) is 17.1. The van der Waals surface area contributed by atoms with Crippen molar-refractivity contribution in [2.75, 3.05) is 62.6 Å². The van der Waals surface area contributed by atoms with Gasteiger partial charge < -0.3 is 25.2 Å². The molecule has 3 aromatic rings. The van der Waals surface area contributed by atoms with Crippen molar-refractivity contribution >= 4 is 28.4 Å². The van der Waals surface area contributed by atoms with Crippen LogP contribution in [0, 0.1) is 5.92 Å². The predicted molar refractivity (Wildman–Crippen MR) is 137 cm³/mol. The lowest BCUT2D eigenvalue weighted by molar-refractivity contribution is -0.134. The normalized spacial score (nSPS) is 18.8. The molecule has 184 valence electrons. The van der Waals surface area contributed by atoms with Crippen molar-refractivity contribution in [3.05, 3.63) is 42.7 Å². The zero-order chi connectivity index (χ0) is 24.2. The summed E-state index contributed by atoms with van der Waals surface area (Å²) in [7, 11) is 0. The molecule has 4 heterocycles. The molecule has 1 aromatic carbocycles. The number of nitrogens with one attached hydrogen (secondary N) is 2. The van der Waals surface area contributed by atoms with E-state index in [0.29, 0.717) is 6.54 Å². The molecule has 2 saturated heterocycles. The lowest BCUT2D eigenvalue weighted by Gasteiger charge is -2.37. The van der Waals surface area contributed by atoms with Crippen molar-refractivity contribution in [1.82, 2.24) is 25.2 Å². The molecule has 2 aliphatic rings. The Morgan fingerprint density at radius 2 is 1.91 bits per heavy atom. The lowest BCUT2D eigenvalue weighted by Crippen LogP contribution is -2.49. The number of morpholine rings is 1. The molecule has 9 nitrogen and oxygen atoms in total. The van der Waals surface area contributed by atoms with Gasteiger partial charge in [-0.05, 0) is 18.2 Å². The third-order valence-electron chi connectivity index (χ3n) is 6.57. The number of piperazine rings is 1. The highest BCUT2D eigenvalue weighted by molar-refractivity contribution is 5.88. The SMILES string of the molecule is CC(C)C(=O)N1CCN(c2ccc(-c3cc4nccnc4c(NCC4CNCCO4)n3)cc2)CC1. The van der Waals surface area contributed by atoms with E-state index in [4.69, 9.17) is 9.72 Å². The van der Waals surface area contributed by atoms with Gasteiger partial charge in [0.2, 0.25) is 5.91 Å². The quantitative estimate of drug-likeness (QED) is 0.561. The molecule has 0 radical (unpaired) electrons. The zero-order valence-corrected chi connectivity index (χ0v) is 20.4. The average molecular weight is 476 g/mol. The maximum Gasteiger partial charge on any atom is 0.225 e. The van der Waals surface area contributed by atoms with Crippen LogP contribution in [-0.4, -0.2) is 84.3 Å². The van der Waals surface area contributed by atoms with E-state index < -0.39 is 0 Å². The van der Waals surface area contributed by atoms with E-state index in [1.807, 2.05) is 24.8 Å². The zero-order valence-electron chi connectivity index (χ0n) is 20.4. The second-order valence-electron chi connectivity index (χ2n) is 9.37. The van der Waals surface area contributed by atoms with Gasteiger partial charge in [0.25, 0.3) is 0 Å². The fraction of sp³-hybridized carbons (Fsp3) is 0.462. The Bertz CT molecular complexity index is 1150. The number of amides is 1. The Balaban J connectivity index is 1.31. The number of carbonyl (C=O) groups is 1. The first-order valence-electron chi connectivity index (χ1n) is 12.4. The van der Waals surface area contributed by atoms with Gasteiger partial charge in [0.1, 0.15) is 5.52 Å². The van der Waals surface area contributed by atoms with E-state index in [-0.39, 0.29) is 17.9 Å². The van der Waals surface area contributed by atoms with Crippen LogP contribution in [0.1, 0.15) is 13.8 Å². The van der Waals surface area contributed by atoms with Crippen molar-refractivity contribution in [1.29, 1.82) is 0 Å². The topological polar surface area (TPSA) is 95.5 Å². The first-order valence-corrected chi connectivity index (χ1v) is 12.4. The summed E-state index contributed by atoms with van der Waals surface area (Å²) in [5, 5.41) is 6.79. The minimum Gasteiger partial charge on any atom is -0.374 e. The van der Waals surface area contributed by atoms with E-state index in [2.05, 4.69) is 49.8 Å². The van der Waals surface area contributed by atoms with Gasteiger partial charge in [0, 0.05) is 75.4 Å².